The summed E-state index contributed by atoms with van der Waals surface area (Å²) in [6, 6.07) is 0.485. The summed E-state index contributed by atoms with van der Waals surface area (Å²) in [5.74, 6) is 0. The van der Waals surface area contributed by atoms with Gasteiger partial charge < -0.3 is 10.5 Å². The minimum Gasteiger partial charge on any atom is -0.381 e. The van der Waals surface area contributed by atoms with Gasteiger partial charge in [-0.15, -0.1) is 12.4 Å². The summed E-state index contributed by atoms with van der Waals surface area (Å²) >= 11 is 0. The third-order valence-electron chi connectivity index (χ3n) is 3.64. The number of ether oxygens (including phenoxy) is 1. The number of hydrogen-bond donors (Lipinski definition) is 1. The minimum atomic E-state index is 0. The predicted octanol–water partition coefficient (Wildman–Crippen LogP) is 2.11. The van der Waals surface area contributed by atoms with Crippen LogP contribution in [0.1, 0.15) is 38.5 Å². The first kappa shape index (κ1) is 11.3. The highest BCUT2D eigenvalue weighted by molar-refractivity contribution is 5.85. The molecule has 0 atom stereocenters. The molecule has 1 saturated heterocycles. The molecule has 0 aromatic carbocycles. The van der Waals surface area contributed by atoms with Crippen LogP contribution in [0.2, 0.25) is 0 Å². The summed E-state index contributed by atoms with van der Waals surface area (Å²) in [5, 5.41) is 0. The molecule has 2 nitrogen and oxygen atoms in total. The summed E-state index contributed by atoms with van der Waals surface area (Å²) in [7, 11) is 0. The van der Waals surface area contributed by atoms with Gasteiger partial charge in [-0.25, -0.2) is 0 Å². The monoisotopic (exact) mass is 205 g/mol. The van der Waals surface area contributed by atoms with Crippen molar-refractivity contribution < 1.29 is 4.74 Å². The predicted molar refractivity (Wildman–Crippen MR) is 56.2 cm³/mol. The molecule has 2 rings (SSSR count). The Balaban J connectivity index is 0.000000845. The van der Waals surface area contributed by atoms with Crippen LogP contribution < -0.4 is 5.73 Å². The second-order valence-corrected chi connectivity index (χ2v) is 4.45. The van der Waals surface area contributed by atoms with E-state index < -0.39 is 0 Å². The van der Waals surface area contributed by atoms with E-state index >= 15 is 0 Å². The quantitative estimate of drug-likeness (QED) is 0.658. The summed E-state index contributed by atoms with van der Waals surface area (Å²) in [6.07, 6.45) is 7.72. The van der Waals surface area contributed by atoms with Gasteiger partial charge in [-0.05, 0) is 43.9 Å². The SMILES string of the molecule is Cl.NC1CCC2(CCOCC2)CC1. The maximum absolute atomic E-state index is 5.89. The molecule has 78 valence electrons. The molecule has 2 aliphatic rings. The van der Waals surface area contributed by atoms with Gasteiger partial charge in [0.05, 0.1) is 0 Å². The van der Waals surface area contributed by atoms with Gasteiger partial charge in [-0.1, -0.05) is 0 Å². The van der Waals surface area contributed by atoms with E-state index in [9.17, 15) is 0 Å². The minimum absolute atomic E-state index is 0. The zero-order valence-corrected chi connectivity index (χ0v) is 8.94. The Morgan fingerprint density at radius 1 is 1.00 bits per heavy atom. The van der Waals surface area contributed by atoms with Gasteiger partial charge in [0.1, 0.15) is 0 Å². The van der Waals surface area contributed by atoms with Crippen LogP contribution in [0.5, 0.6) is 0 Å². The molecule has 1 saturated carbocycles. The van der Waals surface area contributed by atoms with Crippen molar-refractivity contribution in [2.24, 2.45) is 11.1 Å². The highest BCUT2D eigenvalue weighted by Gasteiger charge is 2.35. The lowest BCUT2D eigenvalue weighted by molar-refractivity contribution is -0.00721. The van der Waals surface area contributed by atoms with E-state index in [1.807, 2.05) is 0 Å². The van der Waals surface area contributed by atoms with Crippen LogP contribution in [-0.4, -0.2) is 19.3 Å². The molecule has 1 spiro atoms. The zero-order valence-electron chi connectivity index (χ0n) is 8.13. The molecule has 0 amide bonds. The van der Waals surface area contributed by atoms with Crippen molar-refractivity contribution in [3.8, 4) is 0 Å². The molecule has 2 N–H and O–H groups in total. The molecule has 1 aliphatic carbocycles. The molecular weight excluding hydrogens is 186 g/mol. The average molecular weight is 206 g/mol. The fourth-order valence-corrected chi connectivity index (χ4v) is 2.56. The standard InChI is InChI=1S/C10H19NO.ClH/c11-9-1-3-10(4-2-9)5-7-12-8-6-10;/h9H,1-8,11H2;1H. The zero-order chi connectivity index (χ0) is 8.44. The van der Waals surface area contributed by atoms with Crippen LogP contribution in [0.25, 0.3) is 0 Å². The third-order valence-corrected chi connectivity index (χ3v) is 3.64. The fourth-order valence-electron chi connectivity index (χ4n) is 2.56. The first-order valence-corrected chi connectivity index (χ1v) is 5.14. The maximum Gasteiger partial charge on any atom is 0.0471 e. The first-order chi connectivity index (χ1) is 5.81. The number of halogens is 1. The second-order valence-electron chi connectivity index (χ2n) is 4.45. The lowest BCUT2D eigenvalue weighted by Crippen LogP contribution is -2.37. The highest BCUT2D eigenvalue weighted by Crippen LogP contribution is 2.43. The number of nitrogens with two attached hydrogens (primary N) is 1. The molecule has 1 heterocycles. The molecule has 0 aromatic heterocycles. The van der Waals surface area contributed by atoms with Crippen LogP contribution in [0.15, 0.2) is 0 Å². The number of hydrogen-bond acceptors (Lipinski definition) is 2. The molecule has 2 fully saturated rings. The summed E-state index contributed by atoms with van der Waals surface area (Å²) in [5.41, 5.74) is 6.53. The van der Waals surface area contributed by atoms with Gasteiger partial charge in [0, 0.05) is 19.3 Å². The molecule has 0 radical (unpaired) electrons. The third kappa shape index (κ3) is 2.58. The number of rotatable bonds is 0. The van der Waals surface area contributed by atoms with E-state index in [1.54, 1.807) is 0 Å². The first-order valence-electron chi connectivity index (χ1n) is 5.14. The Labute approximate surface area is 86.6 Å². The fraction of sp³-hybridized carbons (Fsp3) is 1.00. The molecular formula is C10H20ClNO. The average Bonchev–Trinajstić information content (AvgIpc) is 2.13. The molecule has 0 bridgehead atoms. The van der Waals surface area contributed by atoms with E-state index in [1.165, 1.54) is 38.5 Å². The smallest absolute Gasteiger partial charge is 0.0471 e. The molecule has 13 heavy (non-hydrogen) atoms. The van der Waals surface area contributed by atoms with Crippen LogP contribution in [0, 0.1) is 5.41 Å². The Morgan fingerprint density at radius 2 is 1.54 bits per heavy atom. The highest BCUT2D eigenvalue weighted by atomic mass is 35.5. The van der Waals surface area contributed by atoms with Gasteiger partial charge in [-0.2, -0.15) is 0 Å². The summed E-state index contributed by atoms with van der Waals surface area (Å²) in [4.78, 5) is 0. The van der Waals surface area contributed by atoms with Crippen LogP contribution >= 0.6 is 12.4 Å². The van der Waals surface area contributed by atoms with Crippen molar-refractivity contribution in [3.63, 3.8) is 0 Å². The topological polar surface area (TPSA) is 35.2 Å². The van der Waals surface area contributed by atoms with Crippen molar-refractivity contribution in [1.29, 1.82) is 0 Å². The van der Waals surface area contributed by atoms with Crippen molar-refractivity contribution in [2.45, 2.75) is 44.6 Å². The van der Waals surface area contributed by atoms with Crippen LogP contribution in [0.3, 0.4) is 0 Å². The molecule has 1 aliphatic heterocycles. The van der Waals surface area contributed by atoms with E-state index in [0.717, 1.165) is 13.2 Å². The lowest BCUT2D eigenvalue weighted by Gasteiger charge is -2.42. The Hall–Kier alpha value is 0.210. The van der Waals surface area contributed by atoms with Crippen molar-refractivity contribution in [3.05, 3.63) is 0 Å². The van der Waals surface area contributed by atoms with Crippen molar-refractivity contribution in [2.75, 3.05) is 13.2 Å². The summed E-state index contributed by atoms with van der Waals surface area (Å²) in [6.45, 7) is 1.96. The van der Waals surface area contributed by atoms with Gasteiger partial charge in [0.2, 0.25) is 0 Å². The second kappa shape index (κ2) is 4.63. The Morgan fingerprint density at radius 3 is 2.08 bits per heavy atom. The van der Waals surface area contributed by atoms with Crippen molar-refractivity contribution >= 4 is 12.4 Å². The molecule has 0 unspecified atom stereocenters. The molecule has 3 heteroatoms. The largest absolute Gasteiger partial charge is 0.381 e. The van der Waals surface area contributed by atoms with E-state index in [2.05, 4.69) is 0 Å². The van der Waals surface area contributed by atoms with Crippen LogP contribution in [0.4, 0.5) is 0 Å². The Bertz CT molecular complexity index is 147. The van der Waals surface area contributed by atoms with E-state index in [4.69, 9.17) is 10.5 Å². The van der Waals surface area contributed by atoms with Gasteiger partial charge in [-0.3, -0.25) is 0 Å². The van der Waals surface area contributed by atoms with E-state index in [-0.39, 0.29) is 12.4 Å². The Kier molecular flexibility index (Phi) is 4.02. The molecule has 0 aromatic rings. The normalized spacial score (nSPS) is 28.4. The van der Waals surface area contributed by atoms with Gasteiger partial charge in [0.15, 0.2) is 0 Å². The van der Waals surface area contributed by atoms with Gasteiger partial charge in [0.25, 0.3) is 0 Å². The summed E-state index contributed by atoms with van der Waals surface area (Å²) < 4.78 is 5.39. The maximum atomic E-state index is 5.89. The van der Waals surface area contributed by atoms with Crippen LogP contribution in [-0.2, 0) is 4.74 Å². The van der Waals surface area contributed by atoms with E-state index in [0.29, 0.717) is 11.5 Å². The lowest BCUT2D eigenvalue weighted by atomic mass is 9.68. The van der Waals surface area contributed by atoms with Gasteiger partial charge >= 0.3 is 0 Å². The van der Waals surface area contributed by atoms with Crippen molar-refractivity contribution in [1.82, 2.24) is 0 Å².